The largest absolute Gasteiger partial charge is 0.467 e. The predicted octanol–water partition coefficient (Wildman–Crippen LogP) is 6.86. The van der Waals surface area contributed by atoms with E-state index in [4.69, 9.17) is 10.1 Å². The highest BCUT2D eigenvalue weighted by atomic mass is 16.5. The number of nitrogens with one attached hydrogen (secondary N) is 1. The zero-order valence-electron chi connectivity index (χ0n) is 23.1. The van der Waals surface area contributed by atoms with Crippen molar-refractivity contribution in [2.45, 2.75) is 52.9 Å². The van der Waals surface area contributed by atoms with Gasteiger partial charge in [0.05, 0.1) is 0 Å². The van der Waals surface area contributed by atoms with Crippen LogP contribution in [0.2, 0.25) is 0 Å². The second-order valence-electron chi connectivity index (χ2n) is 11.6. The van der Waals surface area contributed by atoms with Crippen LogP contribution in [0.4, 0.5) is 0 Å². The van der Waals surface area contributed by atoms with Crippen LogP contribution in [-0.2, 0) is 4.74 Å². The van der Waals surface area contributed by atoms with Gasteiger partial charge in [-0.25, -0.2) is 0 Å². The summed E-state index contributed by atoms with van der Waals surface area (Å²) in [5.74, 6) is 2.62. The van der Waals surface area contributed by atoms with Gasteiger partial charge in [-0.2, -0.15) is 0 Å². The molecule has 2 unspecified atom stereocenters. The van der Waals surface area contributed by atoms with Gasteiger partial charge >= 0.3 is 0 Å². The number of rotatable bonds is 8. The molecule has 0 spiro atoms. The van der Waals surface area contributed by atoms with Crippen LogP contribution in [0.25, 0.3) is 0 Å². The maximum atomic E-state index is 9.11. The number of ether oxygens (including phenoxy) is 1. The fourth-order valence-corrected chi connectivity index (χ4v) is 6.75. The lowest BCUT2D eigenvalue weighted by molar-refractivity contribution is 0.109. The third-order valence-electron chi connectivity index (χ3n) is 9.02. The molecule has 1 aliphatic carbocycles. The fraction of sp³-hybridized carbons (Fsp3) is 0.485. The van der Waals surface area contributed by atoms with Crippen LogP contribution in [0.5, 0.6) is 0 Å². The van der Waals surface area contributed by atoms with E-state index >= 15 is 0 Å². The van der Waals surface area contributed by atoms with Crippen molar-refractivity contribution in [3.8, 4) is 0 Å². The Balaban J connectivity index is 1.14. The van der Waals surface area contributed by atoms with Gasteiger partial charge in [0.2, 0.25) is 0 Å². The number of hydrogen-bond donors (Lipinski definition) is 1. The lowest BCUT2D eigenvalue weighted by Gasteiger charge is -2.39. The van der Waals surface area contributed by atoms with Crippen LogP contribution in [-0.4, -0.2) is 54.8 Å². The van der Waals surface area contributed by atoms with Gasteiger partial charge in [0.15, 0.2) is 0 Å². The molecule has 1 N–H and O–H groups in total. The Morgan fingerprint density at radius 1 is 0.865 bits per heavy atom. The van der Waals surface area contributed by atoms with Crippen molar-refractivity contribution in [3.05, 3.63) is 94.5 Å². The first-order valence-electron chi connectivity index (χ1n) is 14.0. The van der Waals surface area contributed by atoms with Gasteiger partial charge in [0.25, 0.3) is 0 Å². The second kappa shape index (κ2) is 11.0. The molecule has 4 nitrogen and oxygen atoms in total. The predicted molar refractivity (Wildman–Crippen MR) is 153 cm³/mol. The molecule has 1 saturated heterocycles. The fourth-order valence-electron chi connectivity index (χ4n) is 6.75. The molecule has 0 amide bonds. The van der Waals surface area contributed by atoms with Crippen LogP contribution in [0.3, 0.4) is 0 Å². The van der Waals surface area contributed by atoms with E-state index in [1.165, 1.54) is 35.1 Å². The Labute approximate surface area is 223 Å². The number of allylic oxidation sites excluding steroid dienone is 4. The highest BCUT2D eigenvalue weighted by Crippen LogP contribution is 2.50. The molecule has 196 valence electrons. The van der Waals surface area contributed by atoms with Crippen LogP contribution >= 0.6 is 0 Å². The third-order valence-corrected chi connectivity index (χ3v) is 9.02. The van der Waals surface area contributed by atoms with Crippen molar-refractivity contribution in [3.63, 3.8) is 0 Å². The molecule has 37 heavy (non-hydrogen) atoms. The molecule has 1 saturated carbocycles. The van der Waals surface area contributed by atoms with E-state index in [9.17, 15) is 0 Å². The van der Waals surface area contributed by atoms with Crippen LogP contribution < -0.4 is 0 Å². The zero-order valence-corrected chi connectivity index (χ0v) is 23.1. The van der Waals surface area contributed by atoms with Gasteiger partial charge in [0, 0.05) is 55.7 Å². The molecular formula is C33H43N3O. The monoisotopic (exact) mass is 497 g/mol. The van der Waals surface area contributed by atoms with Crippen LogP contribution in [0, 0.1) is 16.7 Å². The summed E-state index contributed by atoms with van der Waals surface area (Å²) in [6.07, 6.45) is 3.33. The van der Waals surface area contributed by atoms with Gasteiger partial charge < -0.3 is 15.0 Å². The van der Waals surface area contributed by atoms with E-state index in [1.807, 2.05) is 6.92 Å². The average molecular weight is 498 g/mol. The summed E-state index contributed by atoms with van der Waals surface area (Å²) in [4.78, 5) is 5.24. The summed E-state index contributed by atoms with van der Waals surface area (Å²) in [5, 5.41) is 9.11. The number of fused-ring (bicyclic) bond motifs is 1. The Morgan fingerprint density at radius 3 is 2.03 bits per heavy atom. The molecule has 0 radical (unpaired) electrons. The number of benzene rings is 2. The quantitative estimate of drug-likeness (QED) is 0.433. The topological polar surface area (TPSA) is 39.6 Å². The minimum Gasteiger partial charge on any atom is -0.467 e. The highest BCUT2D eigenvalue weighted by Gasteiger charge is 2.48. The first-order valence-corrected chi connectivity index (χ1v) is 14.0. The van der Waals surface area contributed by atoms with E-state index in [0.717, 1.165) is 62.9 Å². The van der Waals surface area contributed by atoms with E-state index in [0.29, 0.717) is 5.92 Å². The van der Waals surface area contributed by atoms with Gasteiger partial charge in [-0.1, -0.05) is 67.6 Å². The van der Waals surface area contributed by atoms with Gasteiger partial charge in [-0.05, 0) is 68.9 Å². The lowest BCUT2D eigenvalue weighted by Crippen LogP contribution is -2.50. The summed E-state index contributed by atoms with van der Waals surface area (Å²) in [6.45, 7) is 15.1. The summed E-state index contributed by atoms with van der Waals surface area (Å²) in [6, 6.07) is 22.0. The Morgan fingerprint density at radius 2 is 1.43 bits per heavy atom. The molecule has 2 fully saturated rings. The average Bonchev–Trinajstić information content (AvgIpc) is 3.18. The van der Waals surface area contributed by atoms with E-state index in [1.54, 1.807) is 0 Å². The van der Waals surface area contributed by atoms with Crippen molar-refractivity contribution < 1.29 is 4.74 Å². The van der Waals surface area contributed by atoms with Crippen molar-refractivity contribution >= 4 is 5.71 Å². The number of hydrogen-bond acceptors (Lipinski definition) is 4. The molecule has 5 rings (SSSR count). The van der Waals surface area contributed by atoms with Crippen molar-refractivity contribution in [2.24, 2.45) is 11.3 Å². The molecule has 2 aliphatic heterocycles. The number of nitrogens with zero attached hydrogens (tertiary/aromatic N) is 2. The van der Waals surface area contributed by atoms with Gasteiger partial charge in [-0.3, -0.25) is 4.90 Å². The van der Waals surface area contributed by atoms with Crippen molar-refractivity contribution in [1.29, 1.82) is 5.41 Å². The molecule has 0 aromatic heterocycles. The summed E-state index contributed by atoms with van der Waals surface area (Å²) >= 11 is 0. The lowest BCUT2D eigenvalue weighted by atomic mass is 9.83. The minimum atomic E-state index is -0.0999. The SMILES string of the molecule is CC1=C(C)C2C(=N)C(C)(CN3CCN(CCCC(c4ccccc4)c4ccccc4)CC3)CC2=C(C)O1. The maximum Gasteiger partial charge on any atom is 0.101 e. The molecule has 2 heterocycles. The number of piperazine rings is 1. The molecular weight excluding hydrogens is 454 g/mol. The Bertz CT molecular complexity index is 1120. The van der Waals surface area contributed by atoms with Gasteiger partial charge in [0.1, 0.15) is 11.5 Å². The van der Waals surface area contributed by atoms with Gasteiger partial charge in [-0.15, -0.1) is 0 Å². The molecule has 3 aliphatic rings. The zero-order chi connectivity index (χ0) is 26.0. The van der Waals surface area contributed by atoms with Crippen LogP contribution in [0.1, 0.15) is 64.0 Å². The first kappa shape index (κ1) is 25.9. The van der Waals surface area contributed by atoms with Crippen molar-refractivity contribution in [1.82, 2.24) is 9.80 Å². The summed E-state index contributed by atoms with van der Waals surface area (Å²) in [7, 11) is 0. The first-order chi connectivity index (χ1) is 17.9. The third kappa shape index (κ3) is 5.46. The van der Waals surface area contributed by atoms with Crippen LogP contribution in [0.15, 0.2) is 83.3 Å². The Kier molecular flexibility index (Phi) is 7.69. The van der Waals surface area contributed by atoms with E-state index < -0.39 is 0 Å². The maximum absolute atomic E-state index is 9.11. The van der Waals surface area contributed by atoms with E-state index in [2.05, 4.69) is 91.2 Å². The molecule has 0 bridgehead atoms. The summed E-state index contributed by atoms with van der Waals surface area (Å²) < 4.78 is 6.01. The Hall–Kier alpha value is -2.69. The molecule has 4 heteroatoms. The molecule has 2 atom stereocenters. The minimum absolute atomic E-state index is 0.0999. The molecule has 2 aromatic carbocycles. The second-order valence-corrected chi connectivity index (χ2v) is 11.6. The summed E-state index contributed by atoms with van der Waals surface area (Å²) in [5.41, 5.74) is 6.18. The molecule has 2 aromatic rings. The highest BCUT2D eigenvalue weighted by molar-refractivity contribution is 5.97. The standard InChI is InChI=1S/C33H43N3O/c1-24-25(2)37-26(3)30-22-33(4,32(34)31(24)30)23-36-20-18-35(19-21-36)17-11-16-29(27-12-7-5-8-13-27)28-14-9-6-10-15-28/h5-10,12-15,29,31,34H,11,16-23H2,1-4H3. The normalized spacial score (nSPS) is 25.1. The van der Waals surface area contributed by atoms with E-state index in [-0.39, 0.29) is 11.3 Å². The smallest absolute Gasteiger partial charge is 0.101 e. The van der Waals surface area contributed by atoms with Crippen molar-refractivity contribution in [2.75, 3.05) is 39.3 Å².